The molecule has 1 aromatic heterocycles. The fourth-order valence-electron chi connectivity index (χ4n) is 0.737. The van der Waals surface area contributed by atoms with E-state index in [2.05, 4.69) is 21.0 Å². The summed E-state index contributed by atoms with van der Waals surface area (Å²) in [7, 11) is 1.65. The Morgan fingerprint density at radius 3 is 2.71 bits per heavy atom. The Morgan fingerprint density at radius 1 is 1.64 bits per heavy atom. The number of rotatable bonds is 3. The highest BCUT2D eigenvalue weighted by molar-refractivity contribution is 9.09. The van der Waals surface area contributed by atoms with Gasteiger partial charge >= 0.3 is 6.18 Å². The Kier molecular flexibility index (Phi) is 3.41. The minimum atomic E-state index is -4.29. The first-order chi connectivity index (χ1) is 6.39. The fourth-order valence-corrected chi connectivity index (χ4v) is 0.869. The van der Waals surface area contributed by atoms with E-state index in [1.54, 1.807) is 7.05 Å². The summed E-state index contributed by atoms with van der Waals surface area (Å²) in [5.41, 5.74) is 0. The second-order valence-corrected chi connectivity index (χ2v) is 3.78. The molecule has 0 bridgehead atoms. The van der Waals surface area contributed by atoms with Gasteiger partial charge in [0.2, 0.25) is 0 Å². The fraction of sp³-hybridized carbons (Fsp3) is 0.571. The van der Waals surface area contributed by atoms with E-state index in [1.807, 2.05) is 0 Å². The predicted octanol–water partition coefficient (Wildman–Crippen LogP) is 2.12. The maximum Gasteiger partial charge on any atom is 0.404 e. The zero-order valence-corrected chi connectivity index (χ0v) is 8.84. The summed E-state index contributed by atoms with van der Waals surface area (Å²) in [6.45, 7) is -0.463. The van der Waals surface area contributed by atoms with Crippen LogP contribution in [-0.2, 0) is 7.05 Å². The second-order valence-electron chi connectivity index (χ2n) is 2.67. The third-order valence-electron chi connectivity index (χ3n) is 1.43. The molecule has 7 heteroatoms. The van der Waals surface area contributed by atoms with Crippen LogP contribution in [0.5, 0.6) is 5.75 Å². The number of alkyl halides is 4. The maximum atomic E-state index is 12.0. The molecule has 0 saturated carbocycles. The molecule has 0 aliphatic rings. The zero-order valence-electron chi connectivity index (χ0n) is 7.25. The molecule has 1 aromatic rings. The van der Waals surface area contributed by atoms with Crippen LogP contribution in [0.4, 0.5) is 13.2 Å². The molecule has 1 atom stereocenters. The van der Waals surface area contributed by atoms with E-state index in [-0.39, 0.29) is 0 Å². The number of hydrogen-bond acceptors (Lipinski definition) is 2. The molecule has 1 unspecified atom stereocenters. The van der Waals surface area contributed by atoms with Crippen molar-refractivity contribution in [1.82, 2.24) is 9.78 Å². The molecule has 0 amide bonds. The molecule has 0 radical (unpaired) electrons. The van der Waals surface area contributed by atoms with E-state index < -0.39 is 17.6 Å². The van der Waals surface area contributed by atoms with E-state index in [9.17, 15) is 13.2 Å². The topological polar surface area (TPSA) is 27.1 Å². The van der Waals surface area contributed by atoms with Crippen LogP contribution in [0.15, 0.2) is 12.4 Å². The lowest BCUT2D eigenvalue weighted by Gasteiger charge is -2.13. The largest absolute Gasteiger partial charge is 0.489 e. The second kappa shape index (κ2) is 4.20. The first kappa shape index (κ1) is 11.4. The van der Waals surface area contributed by atoms with Crippen molar-refractivity contribution in [3.8, 4) is 5.75 Å². The number of aryl methyl sites for hydroxylation is 1. The van der Waals surface area contributed by atoms with E-state index in [4.69, 9.17) is 4.74 Å². The molecule has 0 aromatic carbocycles. The van der Waals surface area contributed by atoms with Crippen molar-refractivity contribution in [2.75, 3.05) is 6.61 Å². The minimum absolute atomic E-state index is 0.321. The molecule has 1 heterocycles. The highest BCUT2D eigenvalue weighted by Gasteiger charge is 2.38. The van der Waals surface area contributed by atoms with Gasteiger partial charge in [-0.05, 0) is 0 Å². The molecule has 0 spiro atoms. The van der Waals surface area contributed by atoms with Gasteiger partial charge in [-0.2, -0.15) is 18.3 Å². The number of nitrogens with zero attached hydrogens (tertiary/aromatic N) is 2. The van der Waals surface area contributed by atoms with Crippen LogP contribution < -0.4 is 4.74 Å². The highest BCUT2D eigenvalue weighted by atomic mass is 79.9. The average Bonchev–Trinajstić information content (AvgIpc) is 2.45. The van der Waals surface area contributed by atoms with Gasteiger partial charge in [-0.15, -0.1) is 0 Å². The van der Waals surface area contributed by atoms with Gasteiger partial charge < -0.3 is 4.74 Å². The summed E-state index contributed by atoms with van der Waals surface area (Å²) >= 11 is 2.49. The lowest BCUT2D eigenvalue weighted by atomic mass is 10.4. The molecule has 14 heavy (non-hydrogen) atoms. The molecule has 0 saturated heterocycles. The van der Waals surface area contributed by atoms with Crippen LogP contribution in [0, 0.1) is 0 Å². The van der Waals surface area contributed by atoms with Crippen LogP contribution in [-0.4, -0.2) is 27.4 Å². The van der Waals surface area contributed by atoms with Gasteiger partial charge in [-0.3, -0.25) is 4.68 Å². The minimum Gasteiger partial charge on any atom is -0.489 e. The molecule has 0 aliphatic heterocycles. The molecular weight excluding hydrogens is 265 g/mol. The summed E-state index contributed by atoms with van der Waals surface area (Å²) < 4.78 is 42.3. The number of ether oxygens (including phenoxy) is 1. The van der Waals surface area contributed by atoms with Gasteiger partial charge in [-0.25, -0.2) is 0 Å². The first-order valence-corrected chi connectivity index (χ1v) is 4.63. The predicted molar refractivity (Wildman–Crippen MR) is 47.5 cm³/mol. The van der Waals surface area contributed by atoms with Crippen LogP contribution in [0.2, 0.25) is 0 Å². The van der Waals surface area contributed by atoms with Gasteiger partial charge in [0, 0.05) is 7.05 Å². The van der Waals surface area contributed by atoms with Gasteiger partial charge in [0.15, 0.2) is 5.75 Å². The highest BCUT2D eigenvalue weighted by Crippen LogP contribution is 2.26. The van der Waals surface area contributed by atoms with Crippen LogP contribution in [0.1, 0.15) is 0 Å². The third kappa shape index (κ3) is 3.21. The number of halogens is 4. The summed E-state index contributed by atoms with van der Waals surface area (Å²) in [5, 5.41) is 3.75. The van der Waals surface area contributed by atoms with Crippen LogP contribution >= 0.6 is 15.9 Å². The molecule has 1 rings (SSSR count). The lowest BCUT2D eigenvalue weighted by molar-refractivity contribution is -0.132. The molecular formula is C7H8BrF3N2O. The summed E-state index contributed by atoms with van der Waals surface area (Å²) in [6.07, 6.45) is -1.44. The van der Waals surface area contributed by atoms with Gasteiger partial charge in [0.1, 0.15) is 11.4 Å². The molecule has 0 N–H and O–H groups in total. The normalized spacial score (nSPS) is 14.1. The van der Waals surface area contributed by atoms with Crippen molar-refractivity contribution in [2.45, 2.75) is 11.0 Å². The van der Waals surface area contributed by atoms with Crippen molar-refractivity contribution in [3.05, 3.63) is 12.4 Å². The molecule has 0 aliphatic carbocycles. The monoisotopic (exact) mass is 272 g/mol. The standard InChI is InChI=1S/C7H8BrF3N2O/c1-13-3-5(2-12-13)14-4-6(8)7(9,10)11/h2-3,6H,4H2,1H3. The van der Waals surface area contributed by atoms with Gasteiger partial charge in [0.05, 0.1) is 12.4 Å². The van der Waals surface area contributed by atoms with E-state index in [0.29, 0.717) is 5.75 Å². The van der Waals surface area contributed by atoms with Crippen molar-refractivity contribution in [1.29, 1.82) is 0 Å². The van der Waals surface area contributed by atoms with Crippen molar-refractivity contribution in [2.24, 2.45) is 7.05 Å². The van der Waals surface area contributed by atoms with E-state index >= 15 is 0 Å². The summed E-state index contributed by atoms with van der Waals surface area (Å²) in [4.78, 5) is -1.66. The average molecular weight is 273 g/mol. The quantitative estimate of drug-likeness (QED) is 0.789. The van der Waals surface area contributed by atoms with Crippen LogP contribution in [0.3, 0.4) is 0 Å². The maximum absolute atomic E-state index is 12.0. The smallest absolute Gasteiger partial charge is 0.404 e. The SMILES string of the molecule is Cn1cc(OCC(Br)C(F)(F)F)cn1. The van der Waals surface area contributed by atoms with Gasteiger partial charge in [-0.1, -0.05) is 15.9 Å². The van der Waals surface area contributed by atoms with Gasteiger partial charge in [0.25, 0.3) is 0 Å². The Bertz CT molecular complexity index is 299. The third-order valence-corrected chi connectivity index (χ3v) is 2.22. The Morgan fingerprint density at radius 2 is 2.29 bits per heavy atom. The first-order valence-electron chi connectivity index (χ1n) is 3.72. The Labute approximate surface area is 87.0 Å². The summed E-state index contributed by atoms with van der Waals surface area (Å²) in [5.74, 6) is 0.321. The Hall–Kier alpha value is -0.720. The van der Waals surface area contributed by atoms with E-state index in [1.165, 1.54) is 17.1 Å². The summed E-state index contributed by atoms with van der Waals surface area (Å²) in [6, 6.07) is 0. The molecule has 3 nitrogen and oxygen atoms in total. The molecule has 0 fully saturated rings. The number of aromatic nitrogens is 2. The van der Waals surface area contributed by atoms with Crippen molar-refractivity contribution < 1.29 is 17.9 Å². The Balaban J connectivity index is 2.41. The van der Waals surface area contributed by atoms with Crippen molar-refractivity contribution >= 4 is 15.9 Å². The molecule has 80 valence electrons. The number of hydrogen-bond donors (Lipinski definition) is 0. The lowest BCUT2D eigenvalue weighted by Crippen LogP contribution is -2.28. The van der Waals surface area contributed by atoms with Crippen molar-refractivity contribution in [3.63, 3.8) is 0 Å². The van der Waals surface area contributed by atoms with E-state index in [0.717, 1.165) is 0 Å². The zero-order chi connectivity index (χ0) is 10.8. The van der Waals surface area contributed by atoms with Crippen LogP contribution in [0.25, 0.3) is 0 Å².